The molecule has 0 aromatic carbocycles. The lowest BCUT2D eigenvalue weighted by Crippen LogP contribution is -2.38. The van der Waals surface area contributed by atoms with Gasteiger partial charge in [-0.25, -0.2) is 4.98 Å². The molecule has 1 aliphatic carbocycles. The van der Waals surface area contributed by atoms with Gasteiger partial charge in [-0.2, -0.15) is 4.98 Å². The average Bonchev–Trinajstić information content (AvgIpc) is 3.22. The Morgan fingerprint density at radius 1 is 1.12 bits per heavy atom. The first kappa shape index (κ1) is 14.6. The van der Waals surface area contributed by atoms with Crippen molar-refractivity contribution >= 4 is 11.6 Å². The summed E-state index contributed by atoms with van der Waals surface area (Å²) in [6.07, 6.45) is 7.73. The summed E-state index contributed by atoms with van der Waals surface area (Å²) in [5.41, 5.74) is 1.57. The first-order valence-corrected chi connectivity index (χ1v) is 8.84. The maximum atomic E-state index is 12.1. The second kappa shape index (κ2) is 5.68. The summed E-state index contributed by atoms with van der Waals surface area (Å²) in [6.45, 7) is 1.57. The average molecular weight is 337 g/mol. The van der Waals surface area contributed by atoms with Crippen LogP contribution in [0.4, 0.5) is 0 Å². The standard InChI is InChI=1S/C18H19N5O2/c24-18(13-4-5-13)22-9-6-12(7-10-22)17-20-16(21-25-17)14-11-23-8-2-1-3-15(23)19-14/h1-3,8,11-13H,4-7,9-10H2. The number of piperidine rings is 1. The van der Waals surface area contributed by atoms with Gasteiger partial charge in [-0.15, -0.1) is 0 Å². The number of hydrogen-bond acceptors (Lipinski definition) is 5. The zero-order valence-electron chi connectivity index (χ0n) is 13.8. The number of imidazole rings is 1. The second-order valence-corrected chi connectivity index (χ2v) is 6.92. The third-order valence-corrected chi connectivity index (χ3v) is 5.12. The maximum absolute atomic E-state index is 12.1. The lowest BCUT2D eigenvalue weighted by Gasteiger charge is -2.30. The fourth-order valence-corrected chi connectivity index (χ4v) is 3.48. The van der Waals surface area contributed by atoms with Gasteiger partial charge in [0, 0.05) is 37.3 Å². The molecule has 4 heterocycles. The summed E-state index contributed by atoms with van der Waals surface area (Å²) in [5.74, 6) is 2.03. The number of fused-ring (bicyclic) bond motifs is 1. The highest BCUT2D eigenvalue weighted by atomic mass is 16.5. The zero-order valence-corrected chi connectivity index (χ0v) is 13.8. The molecule has 128 valence electrons. The molecule has 0 unspecified atom stereocenters. The molecule has 1 saturated carbocycles. The molecule has 7 nitrogen and oxygen atoms in total. The van der Waals surface area contributed by atoms with Crippen molar-refractivity contribution < 1.29 is 9.32 Å². The second-order valence-electron chi connectivity index (χ2n) is 6.92. The summed E-state index contributed by atoms with van der Waals surface area (Å²) in [7, 11) is 0. The van der Waals surface area contributed by atoms with Crippen molar-refractivity contribution in [1.29, 1.82) is 0 Å². The van der Waals surface area contributed by atoms with Gasteiger partial charge in [0.1, 0.15) is 11.3 Å². The number of pyridine rings is 1. The largest absolute Gasteiger partial charge is 0.342 e. The van der Waals surface area contributed by atoms with Crippen LogP contribution >= 0.6 is 0 Å². The number of hydrogen-bond donors (Lipinski definition) is 0. The number of amides is 1. The van der Waals surface area contributed by atoms with Crippen molar-refractivity contribution in [2.24, 2.45) is 5.92 Å². The summed E-state index contributed by atoms with van der Waals surface area (Å²) >= 11 is 0. The van der Waals surface area contributed by atoms with E-state index >= 15 is 0 Å². The van der Waals surface area contributed by atoms with Crippen LogP contribution in [0.2, 0.25) is 0 Å². The maximum Gasteiger partial charge on any atom is 0.230 e. The van der Waals surface area contributed by atoms with Gasteiger partial charge in [0.05, 0.1) is 0 Å². The number of carbonyl (C=O) groups excluding carboxylic acids is 1. The number of likely N-dealkylation sites (tertiary alicyclic amines) is 1. The Hall–Kier alpha value is -2.70. The van der Waals surface area contributed by atoms with Crippen LogP contribution in [0, 0.1) is 5.92 Å². The van der Waals surface area contributed by atoms with Crippen molar-refractivity contribution in [1.82, 2.24) is 24.4 Å². The van der Waals surface area contributed by atoms with E-state index in [0.29, 0.717) is 29.2 Å². The molecule has 3 aromatic rings. The quantitative estimate of drug-likeness (QED) is 0.734. The summed E-state index contributed by atoms with van der Waals surface area (Å²) in [5, 5.41) is 4.11. The monoisotopic (exact) mass is 337 g/mol. The van der Waals surface area contributed by atoms with Crippen LogP contribution < -0.4 is 0 Å². The lowest BCUT2D eigenvalue weighted by atomic mass is 9.96. The number of aromatic nitrogens is 4. The van der Waals surface area contributed by atoms with Gasteiger partial charge in [-0.3, -0.25) is 4.79 Å². The fourth-order valence-electron chi connectivity index (χ4n) is 3.48. The van der Waals surface area contributed by atoms with Crippen LogP contribution in [0.1, 0.15) is 37.5 Å². The molecule has 1 amide bonds. The Morgan fingerprint density at radius 3 is 2.72 bits per heavy atom. The van der Waals surface area contributed by atoms with Gasteiger partial charge >= 0.3 is 0 Å². The van der Waals surface area contributed by atoms with Crippen LogP contribution in [0.15, 0.2) is 35.1 Å². The van der Waals surface area contributed by atoms with Crippen molar-refractivity contribution in [2.45, 2.75) is 31.6 Å². The number of carbonyl (C=O) groups is 1. The van der Waals surface area contributed by atoms with Gasteiger partial charge in [0.25, 0.3) is 0 Å². The molecular weight excluding hydrogens is 318 g/mol. The van der Waals surface area contributed by atoms with E-state index in [2.05, 4.69) is 15.1 Å². The van der Waals surface area contributed by atoms with Gasteiger partial charge < -0.3 is 13.8 Å². The molecule has 0 radical (unpaired) electrons. The molecule has 2 aliphatic rings. The van der Waals surface area contributed by atoms with Gasteiger partial charge in [0.15, 0.2) is 0 Å². The molecule has 1 aliphatic heterocycles. The van der Waals surface area contributed by atoms with E-state index in [9.17, 15) is 4.79 Å². The topological polar surface area (TPSA) is 76.5 Å². The van der Waals surface area contributed by atoms with E-state index in [1.807, 2.05) is 39.9 Å². The Morgan fingerprint density at radius 2 is 1.96 bits per heavy atom. The van der Waals surface area contributed by atoms with Crippen molar-refractivity contribution in [3.05, 3.63) is 36.5 Å². The molecule has 0 atom stereocenters. The third kappa shape index (κ3) is 2.69. The minimum Gasteiger partial charge on any atom is -0.342 e. The van der Waals surface area contributed by atoms with Crippen molar-refractivity contribution in [3.8, 4) is 11.5 Å². The van der Waals surface area contributed by atoms with E-state index in [4.69, 9.17) is 4.52 Å². The minimum atomic E-state index is 0.224. The third-order valence-electron chi connectivity index (χ3n) is 5.12. The Kier molecular flexibility index (Phi) is 3.33. The molecule has 25 heavy (non-hydrogen) atoms. The van der Waals surface area contributed by atoms with Crippen LogP contribution in [-0.2, 0) is 4.79 Å². The van der Waals surface area contributed by atoms with Crippen molar-refractivity contribution in [3.63, 3.8) is 0 Å². The van der Waals surface area contributed by atoms with Gasteiger partial charge in [-0.1, -0.05) is 11.2 Å². The Balaban J connectivity index is 1.30. The van der Waals surface area contributed by atoms with E-state index in [1.54, 1.807) is 0 Å². The van der Waals surface area contributed by atoms with Gasteiger partial charge in [-0.05, 0) is 37.8 Å². The molecule has 0 bridgehead atoms. The SMILES string of the molecule is O=C(C1CC1)N1CCC(c2nc(-c3cn4ccccc4n3)no2)CC1. The normalized spacial score (nSPS) is 18.8. The van der Waals surface area contributed by atoms with Crippen LogP contribution in [0.5, 0.6) is 0 Å². The molecule has 7 heteroatoms. The first-order chi connectivity index (χ1) is 12.3. The van der Waals surface area contributed by atoms with E-state index < -0.39 is 0 Å². The summed E-state index contributed by atoms with van der Waals surface area (Å²) < 4.78 is 7.43. The molecule has 5 rings (SSSR count). The molecule has 0 N–H and O–H groups in total. The molecular formula is C18H19N5O2. The number of rotatable bonds is 3. The highest BCUT2D eigenvalue weighted by Crippen LogP contribution is 2.34. The first-order valence-electron chi connectivity index (χ1n) is 8.84. The van der Waals surface area contributed by atoms with Gasteiger partial charge in [0.2, 0.25) is 17.6 Å². The summed E-state index contributed by atoms with van der Waals surface area (Å²) in [6, 6.07) is 5.85. The minimum absolute atomic E-state index is 0.224. The smallest absolute Gasteiger partial charge is 0.230 e. The summed E-state index contributed by atoms with van der Waals surface area (Å²) in [4.78, 5) is 23.2. The molecule has 3 aromatic heterocycles. The number of nitrogens with zero attached hydrogens (tertiary/aromatic N) is 5. The Labute approximate surface area is 144 Å². The Bertz CT molecular complexity index is 885. The molecule has 2 fully saturated rings. The molecule has 0 spiro atoms. The van der Waals surface area contributed by atoms with E-state index in [0.717, 1.165) is 44.4 Å². The zero-order chi connectivity index (χ0) is 16.8. The van der Waals surface area contributed by atoms with Crippen LogP contribution in [0.25, 0.3) is 17.2 Å². The highest BCUT2D eigenvalue weighted by Gasteiger charge is 2.36. The molecule has 1 saturated heterocycles. The van der Waals surface area contributed by atoms with Crippen molar-refractivity contribution in [2.75, 3.05) is 13.1 Å². The van der Waals surface area contributed by atoms with E-state index in [-0.39, 0.29) is 5.92 Å². The lowest BCUT2D eigenvalue weighted by molar-refractivity contribution is -0.133. The van der Waals surface area contributed by atoms with Crippen LogP contribution in [0.3, 0.4) is 0 Å². The highest BCUT2D eigenvalue weighted by molar-refractivity contribution is 5.81. The van der Waals surface area contributed by atoms with E-state index in [1.165, 1.54) is 0 Å². The predicted molar refractivity (Wildman–Crippen MR) is 89.8 cm³/mol. The van der Waals surface area contributed by atoms with Crippen LogP contribution in [-0.4, -0.2) is 43.4 Å². The predicted octanol–water partition coefficient (Wildman–Crippen LogP) is 2.50. The fraction of sp³-hybridized carbons (Fsp3) is 0.444.